The summed E-state index contributed by atoms with van der Waals surface area (Å²) < 4.78 is 137. The predicted molar refractivity (Wildman–Crippen MR) is 140 cm³/mol. The number of carbonyl (C=O) groups is 1. The first-order chi connectivity index (χ1) is 20.0. The molecule has 1 aliphatic rings. The summed E-state index contributed by atoms with van der Waals surface area (Å²) in [5.74, 6) is -7.48. The summed E-state index contributed by atoms with van der Waals surface area (Å²) in [6.07, 6.45) is -5.39. The number of hydrogen-bond donors (Lipinski definition) is 0. The van der Waals surface area contributed by atoms with E-state index >= 15 is 4.39 Å². The van der Waals surface area contributed by atoms with E-state index in [-0.39, 0.29) is 16.9 Å². The molecule has 2 atom stereocenters. The van der Waals surface area contributed by atoms with Crippen LogP contribution < -0.4 is 9.64 Å². The van der Waals surface area contributed by atoms with Crippen molar-refractivity contribution in [2.75, 3.05) is 18.6 Å². The van der Waals surface area contributed by atoms with Crippen molar-refractivity contribution in [1.29, 1.82) is 0 Å². The number of rotatable bonds is 8. The highest BCUT2D eigenvalue weighted by Crippen LogP contribution is 2.47. The van der Waals surface area contributed by atoms with Crippen molar-refractivity contribution in [3.8, 4) is 5.75 Å². The Labute approximate surface area is 242 Å². The molecule has 0 N–H and O–H groups in total. The molecule has 0 radical (unpaired) electrons. The largest absolute Gasteiger partial charge is 0.488 e. The van der Waals surface area contributed by atoms with Gasteiger partial charge >= 0.3 is 12.1 Å². The van der Waals surface area contributed by atoms with Gasteiger partial charge in [-0.2, -0.15) is 13.2 Å². The fraction of sp³-hybridized carbons (Fsp3) is 0.357. The molecule has 4 rings (SSSR count). The van der Waals surface area contributed by atoms with Crippen LogP contribution in [-0.4, -0.2) is 44.5 Å². The molecule has 0 spiro atoms. The van der Waals surface area contributed by atoms with Crippen molar-refractivity contribution in [2.45, 2.75) is 48.9 Å². The number of esters is 1. The monoisotopic (exact) mass is 634 g/mol. The maximum absolute atomic E-state index is 15.7. The second-order valence-electron chi connectivity index (χ2n) is 9.96. The first-order valence-electron chi connectivity index (χ1n) is 12.7. The molecule has 1 aliphatic heterocycles. The fourth-order valence-electron chi connectivity index (χ4n) is 4.64. The highest BCUT2D eigenvalue weighted by Gasteiger charge is 2.45. The summed E-state index contributed by atoms with van der Waals surface area (Å²) in [5.41, 5.74) is -5.06. The van der Waals surface area contributed by atoms with E-state index in [1.807, 2.05) is 0 Å². The lowest BCUT2D eigenvalue weighted by Crippen LogP contribution is -2.32. The minimum atomic E-state index is -5.12. The molecular formula is C28H25F7N2O5S. The van der Waals surface area contributed by atoms with Crippen molar-refractivity contribution in [3.63, 3.8) is 0 Å². The first kappa shape index (κ1) is 32.0. The van der Waals surface area contributed by atoms with Gasteiger partial charge in [-0.1, -0.05) is 6.07 Å². The van der Waals surface area contributed by atoms with Crippen molar-refractivity contribution in [1.82, 2.24) is 4.98 Å². The molecule has 1 aromatic heterocycles. The number of pyridine rings is 1. The van der Waals surface area contributed by atoms with Crippen LogP contribution in [0.15, 0.2) is 59.6 Å². The molecule has 0 amide bonds. The number of aromatic nitrogens is 1. The van der Waals surface area contributed by atoms with Crippen LogP contribution in [0.25, 0.3) is 0 Å². The van der Waals surface area contributed by atoms with Gasteiger partial charge in [0, 0.05) is 42.4 Å². The number of anilines is 2. The van der Waals surface area contributed by atoms with Crippen LogP contribution in [0.1, 0.15) is 41.4 Å². The standard InChI is InChI=1S/C28H25F7N2O5S/c1-27(31,32)10-9-16-14-37(19-7-5-18(29)6-8-19)21-12-20(28(33,34)35)22(13-23(21)43(39,40)25(16)30)42-15-17-4-3-11-36-24(17)26(38)41-2/h3-8,11-13,16,25H,9-10,14-15H2,1-2H3/t16-,25+/m1/s1. The lowest BCUT2D eigenvalue weighted by Gasteiger charge is -2.29. The van der Waals surface area contributed by atoms with E-state index in [2.05, 4.69) is 9.72 Å². The van der Waals surface area contributed by atoms with E-state index in [1.165, 1.54) is 18.3 Å². The Bertz CT molecular complexity index is 1590. The second-order valence-corrected chi connectivity index (χ2v) is 11.9. The van der Waals surface area contributed by atoms with Crippen LogP contribution in [0.2, 0.25) is 0 Å². The van der Waals surface area contributed by atoms with E-state index in [9.17, 15) is 39.6 Å². The molecular weight excluding hydrogens is 609 g/mol. The van der Waals surface area contributed by atoms with Crippen molar-refractivity contribution < 1.29 is 53.4 Å². The summed E-state index contributed by atoms with van der Waals surface area (Å²) >= 11 is 0. The zero-order valence-electron chi connectivity index (χ0n) is 22.7. The molecule has 0 unspecified atom stereocenters. The number of benzene rings is 2. The third-order valence-electron chi connectivity index (χ3n) is 6.79. The average Bonchev–Trinajstić information content (AvgIpc) is 3.02. The smallest absolute Gasteiger partial charge is 0.420 e. The molecule has 0 bridgehead atoms. The molecule has 43 heavy (non-hydrogen) atoms. The van der Waals surface area contributed by atoms with Crippen molar-refractivity contribution >= 4 is 27.2 Å². The Morgan fingerprint density at radius 1 is 1.09 bits per heavy atom. The number of alkyl halides is 6. The van der Waals surface area contributed by atoms with Crippen molar-refractivity contribution in [2.24, 2.45) is 5.92 Å². The van der Waals surface area contributed by atoms with Crippen LogP contribution in [0.4, 0.5) is 42.1 Å². The SMILES string of the molecule is COC(=O)c1ncccc1COc1cc2c(cc1C(F)(F)F)N(c1ccc(F)cc1)C[C@@H](CCC(C)(F)F)[C@@H](F)S2(=O)=O. The van der Waals surface area contributed by atoms with Gasteiger partial charge in [-0.15, -0.1) is 0 Å². The lowest BCUT2D eigenvalue weighted by atomic mass is 10.00. The van der Waals surface area contributed by atoms with Gasteiger partial charge in [-0.25, -0.2) is 35.8 Å². The molecule has 0 fully saturated rings. The Morgan fingerprint density at radius 2 is 1.77 bits per heavy atom. The van der Waals surface area contributed by atoms with Gasteiger partial charge in [0.05, 0.1) is 23.3 Å². The van der Waals surface area contributed by atoms with Gasteiger partial charge in [0.15, 0.2) is 5.69 Å². The molecule has 7 nitrogen and oxygen atoms in total. The Hall–Kier alpha value is -3.88. The van der Waals surface area contributed by atoms with E-state index in [0.717, 1.165) is 36.3 Å². The minimum absolute atomic E-state index is 0.0000753. The summed E-state index contributed by atoms with van der Waals surface area (Å²) in [7, 11) is -4.01. The number of methoxy groups -OCH3 is 1. The third kappa shape index (κ3) is 7.03. The van der Waals surface area contributed by atoms with Crippen LogP contribution in [0.3, 0.4) is 0 Å². The van der Waals surface area contributed by atoms with Gasteiger partial charge in [-0.3, -0.25) is 0 Å². The number of ether oxygens (including phenoxy) is 2. The fourth-order valence-corrected chi connectivity index (χ4v) is 6.34. The maximum atomic E-state index is 15.7. The van der Waals surface area contributed by atoms with Gasteiger partial charge in [-0.05, 0) is 49.7 Å². The van der Waals surface area contributed by atoms with Crippen LogP contribution in [0.5, 0.6) is 5.75 Å². The Morgan fingerprint density at radius 3 is 2.37 bits per heavy atom. The summed E-state index contributed by atoms with van der Waals surface area (Å²) in [5, 5.41) is 0. The number of halogens is 7. The number of sulfone groups is 1. The van der Waals surface area contributed by atoms with E-state index in [1.54, 1.807) is 0 Å². The van der Waals surface area contributed by atoms with Gasteiger partial charge in [0.1, 0.15) is 18.2 Å². The quantitative estimate of drug-likeness (QED) is 0.197. The number of nitrogens with zero attached hydrogens (tertiary/aromatic N) is 2. The molecule has 2 aromatic carbocycles. The Kier molecular flexibility index (Phi) is 8.95. The van der Waals surface area contributed by atoms with Gasteiger partial charge in [0.2, 0.25) is 21.3 Å². The first-order valence-corrected chi connectivity index (χ1v) is 14.3. The predicted octanol–water partition coefficient (Wildman–Crippen LogP) is 6.88. The zero-order valence-corrected chi connectivity index (χ0v) is 23.5. The Balaban J connectivity index is 1.88. The second kappa shape index (κ2) is 12.0. The highest BCUT2D eigenvalue weighted by molar-refractivity contribution is 7.92. The molecule has 15 heteroatoms. The topological polar surface area (TPSA) is 85.8 Å². The van der Waals surface area contributed by atoms with E-state index in [0.29, 0.717) is 19.1 Å². The maximum Gasteiger partial charge on any atom is 0.420 e. The summed E-state index contributed by atoms with van der Waals surface area (Å²) in [6.45, 7) is -0.717. The average molecular weight is 635 g/mol. The molecule has 0 saturated carbocycles. The van der Waals surface area contributed by atoms with E-state index < -0.39 is 93.0 Å². The van der Waals surface area contributed by atoms with E-state index in [4.69, 9.17) is 4.74 Å². The van der Waals surface area contributed by atoms with Gasteiger partial charge in [0.25, 0.3) is 0 Å². The summed E-state index contributed by atoms with van der Waals surface area (Å²) in [4.78, 5) is 16.0. The summed E-state index contributed by atoms with van der Waals surface area (Å²) in [6, 6.07) is 7.90. The molecule has 0 aliphatic carbocycles. The number of fused-ring (bicyclic) bond motifs is 1. The molecule has 0 saturated heterocycles. The molecule has 2 heterocycles. The minimum Gasteiger partial charge on any atom is -0.488 e. The van der Waals surface area contributed by atoms with Crippen LogP contribution in [-0.2, 0) is 27.4 Å². The molecule has 232 valence electrons. The van der Waals surface area contributed by atoms with Crippen LogP contribution in [0, 0.1) is 11.7 Å². The number of carbonyl (C=O) groups excluding carboxylic acids is 1. The third-order valence-corrected chi connectivity index (χ3v) is 8.71. The van der Waals surface area contributed by atoms with Gasteiger partial charge < -0.3 is 14.4 Å². The zero-order chi connectivity index (χ0) is 31.7. The van der Waals surface area contributed by atoms with Crippen molar-refractivity contribution in [3.05, 3.63) is 77.4 Å². The normalized spacial score (nSPS) is 18.5. The lowest BCUT2D eigenvalue weighted by molar-refractivity contribution is -0.139. The van der Waals surface area contributed by atoms with Crippen LogP contribution >= 0.6 is 0 Å². The number of hydrogen-bond acceptors (Lipinski definition) is 7. The molecule has 3 aromatic rings. The highest BCUT2D eigenvalue weighted by atomic mass is 32.2.